The maximum atomic E-state index is 13.3. The van der Waals surface area contributed by atoms with Gasteiger partial charge in [0.1, 0.15) is 18.1 Å². The Morgan fingerprint density at radius 2 is 1.50 bits per heavy atom. The summed E-state index contributed by atoms with van der Waals surface area (Å²) in [5.41, 5.74) is 12.0. The van der Waals surface area contributed by atoms with Crippen LogP contribution in [0, 0.1) is 5.92 Å². The second-order valence-electron chi connectivity index (χ2n) is 9.35. The van der Waals surface area contributed by atoms with Crippen molar-refractivity contribution in [3.05, 3.63) is 35.9 Å². The molecule has 0 aliphatic rings. The first-order valence-corrected chi connectivity index (χ1v) is 12.8. The molecule has 0 saturated carbocycles. The molecule has 0 aliphatic heterocycles. The quantitative estimate of drug-likeness (QED) is 0.127. The molecule has 0 heterocycles. The van der Waals surface area contributed by atoms with Crippen molar-refractivity contribution in [1.82, 2.24) is 16.0 Å². The Morgan fingerprint density at radius 1 is 0.868 bits per heavy atom. The molecule has 5 unspecified atom stereocenters. The maximum absolute atomic E-state index is 13.3. The fraction of sp³-hybridized carbons (Fsp3) is 0.577. The number of carboxylic acid groups (broad SMARTS) is 2. The summed E-state index contributed by atoms with van der Waals surface area (Å²) in [6, 6.07) is 4.46. The van der Waals surface area contributed by atoms with Gasteiger partial charge in [0.25, 0.3) is 0 Å². The molecule has 212 valence electrons. The Bertz CT molecular complexity index is 928. The lowest BCUT2D eigenvalue weighted by Crippen LogP contribution is -2.59. The normalized spacial score (nSPS) is 14.8. The summed E-state index contributed by atoms with van der Waals surface area (Å²) in [6.07, 6.45) is 1.50. The number of rotatable bonds is 18. The zero-order valence-corrected chi connectivity index (χ0v) is 22.0. The van der Waals surface area contributed by atoms with E-state index >= 15 is 0 Å². The summed E-state index contributed by atoms with van der Waals surface area (Å²) in [6.45, 7) is 3.97. The average molecular weight is 536 g/mol. The molecule has 12 heteroatoms. The number of hydrogen-bond acceptors (Lipinski definition) is 7. The molecule has 3 amide bonds. The van der Waals surface area contributed by atoms with Crippen LogP contribution in [-0.2, 0) is 30.4 Å². The molecule has 1 rings (SSSR count). The van der Waals surface area contributed by atoms with E-state index in [9.17, 15) is 29.1 Å². The van der Waals surface area contributed by atoms with E-state index in [4.69, 9.17) is 16.6 Å². The van der Waals surface area contributed by atoms with Crippen molar-refractivity contribution in [2.45, 2.75) is 83.0 Å². The van der Waals surface area contributed by atoms with Gasteiger partial charge >= 0.3 is 11.9 Å². The fourth-order valence-electron chi connectivity index (χ4n) is 3.72. The first-order valence-electron chi connectivity index (χ1n) is 12.8. The van der Waals surface area contributed by atoms with Crippen molar-refractivity contribution in [2.24, 2.45) is 17.4 Å². The highest BCUT2D eigenvalue weighted by Gasteiger charge is 2.32. The molecular weight excluding hydrogens is 494 g/mol. The molecule has 0 bridgehead atoms. The Balaban J connectivity index is 3.09. The summed E-state index contributed by atoms with van der Waals surface area (Å²) in [4.78, 5) is 61.6. The highest BCUT2D eigenvalue weighted by Crippen LogP contribution is 2.11. The number of aliphatic carboxylic acids is 2. The van der Waals surface area contributed by atoms with Crippen LogP contribution in [0.1, 0.15) is 57.9 Å². The zero-order valence-electron chi connectivity index (χ0n) is 22.0. The van der Waals surface area contributed by atoms with Crippen LogP contribution >= 0.6 is 0 Å². The standard InChI is InChI=1S/C26H41N5O7/c1-3-16(2)22(31-23(34)18(28)12-13-21(32)33)25(36)30-20(15-17-9-5-4-6-10-17)24(35)29-19(26(37)38)11-7-8-14-27/h4-6,9-10,16,18-20,22H,3,7-8,11-15,27-28H2,1-2H3,(H,29,35)(H,30,36)(H,31,34)(H,32,33)(H,37,38). The van der Waals surface area contributed by atoms with Gasteiger partial charge in [0.05, 0.1) is 6.04 Å². The minimum atomic E-state index is -1.19. The molecule has 12 nitrogen and oxygen atoms in total. The van der Waals surface area contributed by atoms with E-state index in [2.05, 4.69) is 16.0 Å². The van der Waals surface area contributed by atoms with Crippen molar-refractivity contribution in [3.8, 4) is 0 Å². The Morgan fingerprint density at radius 3 is 2.05 bits per heavy atom. The summed E-state index contributed by atoms with van der Waals surface area (Å²) < 4.78 is 0. The van der Waals surface area contributed by atoms with E-state index < -0.39 is 53.8 Å². The van der Waals surface area contributed by atoms with Crippen LogP contribution in [0.2, 0.25) is 0 Å². The van der Waals surface area contributed by atoms with Gasteiger partial charge < -0.3 is 37.6 Å². The largest absolute Gasteiger partial charge is 0.481 e. The van der Waals surface area contributed by atoms with Gasteiger partial charge in [-0.15, -0.1) is 0 Å². The SMILES string of the molecule is CCC(C)C(NC(=O)C(N)CCC(=O)O)C(=O)NC(Cc1ccccc1)C(=O)NC(CCCCN)C(=O)O. The van der Waals surface area contributed by atoms with Crippen molar-refractivity contribution < 1.29 is 34.2 Å². The third kappa shape index (κ3) is 11.7. The van der Waals surface area contributed by atoms with Crippen LogP contribution in [-0.4, -0.2) is 70.6 Å². The number of carbonyl (C=O) groups excluding carboxylic acids is 3. The molecule has 0 saturated heterocycles. The topological polar surface area (TPSA) is 214 Å². The van der Waals surface area contributed by atoms with E-state index in [1.165, 1.54) is 0 Å². The Kier molecular flexibility index (Phi) is 14.6. The first-order chi connectivity index (χ1) is 18.0. The molecule has 0 fully saturated rings. The second kappa shape index (κ2) is 17.1. The van der Waals surface area contributed by atoms with Crippen molar-refractivity contribution in [1.29, 1.82) is 0 Å². The van der Waals surface area contributed by atoms with Crippen molar-refractivity contribution in [2.75, 3.05) is 6.54 Å². The van der Waals surface area contributed by atoms with E-state index in [0.29, 0.717) is 25.8 Å². The minimum Gasteiger partial charge on any atom is -0.481 e. The molecule has 0 radical (unpaired) electrons. The van der Waals surface area contributed by atoms with E-state index in [1.54, 1.807) is 37.3 Å². The van der Waals surface area contributed by atoms with Crippen LogP contribution in [0.3, 0.4) is 0 Å². The van der Waals surface area contributed by atoms with Gasteiger partial charge in [0.2, 0.25) is 17.7 Å². The van der Waals surface area contributed by atoms with E-state index in [1.807, 2.05) is 6.92 Å². The summed E-state index contributed by atoms with van der Waals surface area (Å²) in [7, 11) is 0. The molecule has 9 N–H and O–H groups in total. The highest BCUT2D eigenvalue weighted by molar-refractivity contribution is 5.94. The molecule has 0 spiro atoms. The van der Waals surface area contributed by atoms with Crippen LogP contribution < -0.4 is 27.4 Å². The summed E-state index contributed by atoms with van der Waals surface area (Å²) in [5, 5.41) is 26.2. The van der Waals surface area contributed by atoms with Crippen LogP contribution in [0.4, 0.5) is 0 Å². The molecule has 5 atom stereocenters. The highest BCUT2D eigenvalue weighted by atomic mass is 16.4. The van der Waals surface area contributed by atoms with Gasteiger partial charge in [-0.3, -0.25) is 19.2 Å². The minimum absolute atomic E-state index is 0.0901. The maximum Gasteiger partial charge on any atom is 0.326 e. The van der Waals surface area contributed by atoms with Crippen molar-refractivity contribution in [3.63, 3.8) is 0 Å². The van der Waals surface area contributed by atoms with E-state index in [-0.39, 0.29) is 31.6 Å². The number of carbonyl (C=O) groups is 5. The van der Waals surface area contributed by atoms with Gasteiger partial charge in [-0.2, -0.15) is 0 Å². The third-order valence-electron chi connectivity index (χ3n) is 6.28. The number of carboxylic acids is 2. The summed E-state index contributed by atoms with van der Waals surface area (Å²) in [5.74, 6) is -4.61. The predicted molar refractivity (Wildman–Crippen MR) is 141 cm³/mol. The Labute approximate surface area is 222 Å². The summed E-state index contributed by atoms with van der Waals surface area (Å²) >= 11 is 0. The van der Waals surface area contributed by atoms with Gasteiger partial charge in [-0.25, -0.2) is 4.79 Å². The van der Waals surface area contributed by atoms with Crippen LogP contribution in [0.25, 0.3) is 0 Å². The number of unbranched alkanes of at least 4 members (excludes halogenated alkanes) is 1. The molecular formula is C26H41N5O7. The van der Waals surface area contributed by atoms with E-state index in [0.717, 1.165) is 5.56 Å². The lowest BCUT2D eigenvalue weighted by molar-refractivity contribution is -0.142. The molecule has 1 aromatic rings. The van der Waals surface area contributed by atoms with Crippen LogP contribution in [0.15, 0.2) is 30.3 Å². The number of benzene rings is 1. The van der Waals surface area contributed by atoms with Gasteiger partial charge in [0, 0.05) is 12.8 Å². The number of hydrogen-bond donors (Lipinski definition) is 7. The van der Waals surface area contributed by atoms with Gasteiger partial charge in [0.15, 0.2) is 0 Å². The molecule has 38 heavy (non-hydrogen) atoms. The molecule has 0 aromatic heterocycles. The monoisotopic (exact) mass is 535 g/mol. The molecule has 0 aliphatic carbocycles. The second-order valence-corrected chi connectivity index (χ2v) is 9.35. The number of nitrogens with one attached hydrogen (secondary N) is 3. The predicted octanol–water partition coefficient (Wildman–Crippen LogP) is 0.135. The first kappa shape index (κ1) is 32.5. The van der Waals surface area contributed by atoms with Gasteiger partial charge in [-0.05, 0) is 43.7 Å². The Hall–Kier alpha value is -3.51. The fourth-order valence-corrected chi connectivity index (χ4v) is 3.72. The third-order valence-corrected chi connectivity index (χ3v) is 6.28. The number of amides is 3. The zero-order chi connectivity index (χ0) is 28.7. The lowest BCUT2D eigenvalue weighted by atomic mass is 9.96. The smallest absolute Gasteiger partial charge is 0.326 e. The number of nitrogens with two attached hydrogens (primary N) is 2. The average Bonchev–Trinajstić information content (AvgIpc) is 2.89. The lowest BCUT2D eigenvalue weighted by Gasteiger charge is -2.28. The molecule has 1 aromatic carbocycles. The van der Waals surface area contributed by atoms with Crippen molar-refractivity contribution >= 4 is 29.7 Å². The van der Waals surface area contributed by atoms with Gasteiger partial charge in [-0.1, -0.05) is 50.6 Å². The van der Waals surface area contributed by atoms with Crippen LogP contribution in [0.5, 0.6) is 0 Å².